The van der Waals surface area contributed by atoms with Gasteiger partial charge in [0.15, 0.2) is 0 Å². The van der Waals surface area contributed by atoms with Crippen LogP contribution in [0.3, 0.4) is 0 Å². The summed E-state index contributed by atoms with van der Waals surface area (Å²) >= 11 is 6.20. The number of benzene rings is 1. The molecule has 1 aliphatic rings. The zero-order chi connectivity index (χ0) is 10.7. The van der Waals surface area contributed by atoms with Gasteiger partial charge >= 0.3 is 0 Å². The summed E-state index contributed by atoms with van der Waals surface area (Å²) in [6, 6.07) is 8.54. The van der Waals surface area contributed by atoms with E-state index >= 15 is 0 Å². The van der Waals surface area contributed by atoms with E-state index in [0.29, 0.717) is 6.04 Å². The van der Waals surface area contributed by atoms with E-state index < -0.39 is 0 Å². The van der Waals surface area contributed by atoms with Gasteiger partial charge in [-0.3, -0.25) is 4.90 Å². The predicted octanol–water partition coefficient (Wildman–Crippen LogP) is 2.31. The van der Waals surface area contributed by atoms with E-state index in [2.05, 4.69) is 29.3 Å². The van der Waals surface area contributed by atoms with Crippen molar-refractivity contribution >= 4 is 11.6 Å². The number of hydrogen-bond donors (Lipinski definition) is 1. The highest BCUT2D eigenvalue weighted by Crippen LogP contribution is 2.26. The summed E-state index contributed by atoms with van der Waals surface area (Å²) in [6.45, 7) is 6.59. The van der Waals surface area contributed by atoms with Crippen molar-refractivity contribution in [3.8, 4) is 0 Å². The van der Waals surface area contributed by atoms with Crippen LogP contribution in [0, 0.1) is 0 Å². The van der Waals surface area contributed by atoms with Gasteiger partial charge in [0.2, 0.25) is 0 Å². The fourth-order valence-corrected chi connectivity index (χ4v) is 2.37. The Morgan fingerprint density at radius 2 is 1.93 bits per heavy atom. The summed E-state index contributed by atoms with van der Waals surface area (Å²) < 4.78 is 0. The minimum Gasteiger partial charge on any atom is -0.314 e. The first-order valence-corrected chi connectivity index (χ1v) is 5.86. The van der Waals surface area contributed by atoms with E-state index in [0.717, 1.165) is 31.2 Å². The smallest absolute Gasteiger partial charge is 0.0453 e. The molecule has 1 aromatic carbocycles. The van der Waals surface area contributed by atoms with Crippen molar-refractivity contribution in [3.05, 3.63) is 34.9 Å². The van der Waals surface area contributed by atoms with Crippen molar-refractivity contribution in [2.75, 3.05) is 26.2 Å². The van der Waals surface area contributed by atoms with Gasteiger partial charge in [0.25, 0.3) is 0 Å². The molecule has 1 aromatic rings. The summed E-state index contributed by atoms with van der Waals surface area (Å²) in [5.74, 6) is 0. The fourth-order valence-electron chi connectivity index (χ4n) is 2.08. The molecule has 0 radical (unpaired) electrons. The molecule has 0 aromatic heterocycles. The van der Waals surface area contributed by atoms with Gasteiger partial charge in [-0.25, -0.2) is 0 Å². The zero-order valence-electron chi connectivity index (χ0n) is 9.04. The van der Waals surface area contributed by atoms with Crippen LogP contribution in [-0.2, 0) is 0 Å². The Bertz CT molecular complexity index is 321. The van der Waals surface area contributed by atoms with Gasteiger partial charge in [-0.1, -0.05) is 29.8 Å². The van der Waals surface area contributed by atoms with Gasteiger partial charge in [0.1, 0.15) is 0 Å². The van der Waals surface area contributed by atoms with Crippen LogP contribution in [0.2, 0.25) is 5.02 Å². The summed E-state index contributed by atoms with van der Waals surface area (Å²) in [4.78, 5) is 2.47. The van der Waals surface area contributed by atoms with Crippen molar-refractivity contribution in [1.29, 1.82) is 0 Å². The second-order valence-electron chi connectivity index (χ2n) is 3.98. The maximum atomic E-state index is 6.20. The third-order valence-corrected chi connectivity index (χ3v) is 3.40. The monoisotopic (exact) mass is 224 g/mol. The zero-order valence-corrected chi connectivity index (χ0v) is 9.80. The first-order chi connectivity index (χ1) is 7.29. The number of rotatable bonds is 2. The van der Waals surface area contributed by atoms with E-state index in [1.165, 1.54) is 5.56 Å². The Labute approximate surface area is 96.2 Å². The fraction of sp³-hybridized carbons (Fsp3) is 0.500. The Hall–Kier alpha value is -0.570. The molecule has 82 valence electrons. The SMILES string of the molecule is C[C@@H](c1ccccc1Cl)N1CCNCC1. The molecule has 1 atom stereocenters. The summed E-state index contributed by atoms with van der Waals surface area (Å²) in [5.41, 5.74) is 1.24. The lowest BCUT2D eigenvalue weighted by Crippen LogP contribution is -2.44. The molecular weight excluding hydrogens is 208 g/mol. The maximum Gasteiger partial charge on any atom is 0.0453 e. The highest BCUT2D eigenvalue weighted by molar-refractivity contribution is 6.31. The number of nitrogens with one attached hydrogen (secondary N) is 1. The molecule has 2 nitrogen and oxygen atoms in total. The van der Waals surface area contributed by atoms with Crippen LogP contribution in [0.25, 0.3) is 0 Å². The van der Waals surface area contributed by atoms with E-state index in [1.54, 1.807) is 0 Å². The number of hydrogen-bond acceptors (Lipinski definition) is 2. The molecular formula is C12H17ClN2. The molecule has 0 unspecified atom stereocenters. The third-order valence-electron chi connectivity index (χ3n) is 3.05. The van der Waals surface area contributed by atoms with Crippen molar-refractivity contribution in [2.24, 2.45) is 0 Å². The van der Waals surface area contributed by atoms with Crippen LogP contribution in [0.1, 0.15) is 18.5 Å². The molecule has 1 fully saturated rings. The molecule has 0 aliphatic carbocycles. The third kappa shape index (κ3) is 2.51. The van der Waals surface area contributed by atoms with Crippen LogP contribution in [0.5, 0.6) is 0 Å². The minimum atomic E-state index is 0.417. The predicted molar refractivity (Wildman–Crippen MR) is 64.3 cm³/mol. The molecule has 1 aliphatic heterocycles. The first-order valence-electron chi connectivity index (χ1n) is 5.48. The highest BCUT2D eigenvalue weighted by atomic mass is 35.5. The first kappa shape index (κ1) is 10.9. The molecule has 0 saturated carbocycles. The average Bonchev–Trinajstić information content (AvgIpc) is 2.30. The van der Waals surface area contributed by atoms with E-state index in [-0.39, 0.29) is 0 Å². The minimum absolute atomic E-state index is 0.417. The van der Waals surface area contributed by atoms with Crippen molar-refractivity contribution < 1.29 is 0 Å². The van der Waals surface area contributed by atoms with Gasteiger partial charge in [-0.05, 0) is 18.6 Å². The van der Waals surface area contributed by atoms with Crippen molar-refractivity contribution in [3.63, 3.8) is 0 Å². The van der Waals surface area contributed by atoms with Crippen molar-refractivity contribution in [2.45, 2.75) is 13.0 Å². The number of piperazine rings is 1. The molecule has 15 heavy (non-hydrogen) atoms. The lowest BCUT2D eigenvalue weighted by atomic mass is 10.1. The van der Waals surface area contributed by atoms with Gasteiger partial charge in [-0.2, -0.15) is 0 Å². The largest absolute Gasteiger partial charge is 0.314 e. The van der Waals surface area contributed by atoms with Gasteiger partial charge < -0.3 is 5.32 Å². The number of nitrogens with zero attached hydrogens (tertiary/aromatic N) is 1. The lowest BCUT2D eigenvalue weighted by Gasteiger charge is -2.33. The average molecular weight is 225 g/mol. The maximum absolute atomic E-state index is 6.20. The van der Waals surface area contributed by atoms with Gasteiger partial charge in [0, 0.05) is 37.2 Å². The topological polar surface area (TPSA) is 15.3 Å². The summed E-state index contributed by atoms with van der Waals surface area (Å²) in [7, 11) is 0. The molecule has 1 heterocycles. The Kier molecular flexibility index (Phi) is 3.62. The van der Waals surface area contributed by atoms with Crippen LogP contribution in [0.4, 0.5) is 0 Å². The lowest BCUT2D eigenvalue weighted by molar-refractivity contribution is 0.185. The molecule has 2 rings (SSSR count). The highest BCUT2D eigenvalue weighted by Gasteiger charge is 2.19. The quantitative estimate of drug-likeness (QED) is 0.830. The van der Waals surface area contributed by atoms with E-state index in [4.69, 9.17) is 11.6 Å². The molecule has 1 N–H and O–H groups in total. The van der Waals surface area contributed by atoms with Crippen LogP contribution in [0.15, 0.2) is 24.3 Å². The summed E-state index contributed by atoms with van der Waals surface area (Å²) in [5, 5.41) is 4.24. The van der Waals surface area contributed by atoms with E-state index in [1.807, 2.05) is 12.1 Å². The Morgan fingerprint density at radius 3 is 2.60 bits per heavy atom. The summed E-state index contributed by atoms with van der Waals surface area (Å²) in [6.07, 6.45) is 0. The second kappa shape index (κ2) is 4.97. The van der Waals surface area contributed by atoms with Crippen LogP contribution < -0.4 is 5.32 Å². The molecule has 3 heteroatoms. The second-order valence-corrected chi connectivity index (χ2v) is 4.39. The van der Waals surface area contributed by atoms with Crippen LogP contribution in [-0.4, -0.2) is 31.1 Å². The van der Waals surface area contributed by atoms with Gasteiger partial charge in [0.05, 0.1) is 0 Å². The molecule has 1 saturated heterocycles. The van der Waals surface area contributed by atoms with Gasteiger partial charge in [-0.15, -0.1) is 0 Å². The molecule has 0 bridgehead atoms. The van der Waals surface area contributed by atoms with Crippen LogP contribution >= 0.6 is 11.6 Å². The normalized spacial score (nSPS) is 20.1. The molecule has 0 spiro atoms. The Balaban J connectivity index is 2.12. The standard InChI is InChI=1S/C12H17ClN2/c1-10(15-8-6-14-7-9-15)11-4-2-3-5-12(11)13/h2-5,10,14H,6-9H2,1H3/t10-/m0/s1. The number of halogens is 1. The van der Waals surface area contributed by atoms with E-state index in [9.17, 15) is 0 Å². The van der Waals surface area contributed by atoms with Crippen molar-refractivity contribution in [1.82, 2.24) is 10.2 Å². The Morgan fingerprint density at radius 1 is 1.27 bits per heavy atom. The molecule has 0 amide bonds.